The number of para-hydroxylation sites is 2. The second kappa shape index (κ2) is 6.70. The monoisotopic (exact) mass is 305 g/mol. The van der Waals surface area contributed by atoms with Gasteiger partial charge in [0.2, 0.25) is 0 Å². The van der Waals surface area contributed by atoms with Crippen molar-refractivity contribution in [1.29, 1.82) is 0 Å². The number of aromatic hydroxyl groups is 1. The first kappa shape index (κ1) is 14.7. The van der Waals surface area contributed by atoms with Crippen molar-refractivity contribution in [3.63, 3.8) is 0 Å². The fourth-order valence-corrected chi connectivity index (χ4v) is 2.24. The van der Waals surface area contributed by atoms with Gasteiger partial charge in [-0.15, -0.1) is 0 Å². The van der Waals surface area contributed by atoms with Gasteiger partial charge in [-0.2, -0.15) is 0 Å². The van der Waals surface area contributed by atoms with Gasteiger partial charge in [0.25, 0.3) is 5.91 Å². The summed E-state index contributed by atoms with van der Waals surface area (Å²) in [6.45, 7) is 0.244. The average molecular weight is 305 g/mol. The third-order valence-electron chi connectivity index (χ3n) is 3.35. The second-order valence-electron chi connectivity index (χ2n) is 4.92. The lowest BCUT2D eigenvalue weighted by atomic mass is 10.2. The highest BCUT2D eigenvalue weighted by atomic mass is 16.3. The Hall–Kier alpha value is -3.21. The van der Waals surface area contributed by atoms with Gasteiger partial charge in [-0.25, -0.2) is 0 Å². The number of hydrogen-bond acceptors (Lipinski definition) is 4. The van der Waals surface area contributed by atoms with Crippen molar-refractivity contribution in [2.75, 3.05) is 4.90 Å². The van der Waals surface area contributed by atoms with Crippen molar-refractivity contribution in [2.45, 2.75) is 6.54 Å². The van der Waals surface area contributed by atoms with E-state index in [4.69, 9.17) is 0 Å². The van der Waals surface area contributed by atoms with Gasteiger partial charge >= 0.3 is 0 Å². The lowest BCUT2D eigenvalue weighted by Gasteiger charge is -2.23. The molecule has 0 aliphatic heterocycles. The van der Waals surface area contributed by atoms with E-state index in [0.717, 1.165) is 5.69 Å². The van der Waals surface area contributed by atoms with Crippen molar-refractivity contribution in [1.82, 2.24) is 9.97 Å². The first-order chi connectivity index (χ1) is 11.3. The van der Waals surface area contributed by atoms with E-state index in [1.54, 1.807) is 54.9 Å². The van der Waals surface area contributed by atoms with Gasteiger partial charge in [0.05, 0.1) is 17.9 Å². The van der Waals surface area contributed by atoms with Crippen LogP contribution < -0.4 is 4.90 Å². The molecule has 0 saturated heterocycles. The molecule has 0 fully saturated rings. The third kappa shape index (κ3) is 3.35. The Morgan fingerprint density at radius 3 is 2.26 bits per heavy atom. The fourth-order valence-electron chi connectivity index (χ4n) is 2.24. The molecule has 0 atom stereocenters. The highest BCUT2D eigenvalue weighted by Crippen LogP contribution is 2.28. The summed E-state index contributed by atoms with van der Waals surface area (Å²) in [6.07, 6.45) is 3.24. The molecule has 3 aromatic rings. The topological polar surface area (TPSA) is 66.3 Å². The maximum Gasteiger partial charge on any atom is 0.277 e. The molecular formula is C18H15N3O2. The second-order valence-corrected chi connectivity index (χ2v) is 4.92. The predicted octanol–water partition coefficient (Wildman–Crippen LogP) is 3.03. The zero-order valence-electron chi connectivity index (χ0n) is 12.3. The minimum absolute atomic E-state index is 0.0349. The number of phenols is 1. The summed E-state index contributed by atoms with van der Waals surface area (Å²) in [4.78, 5) is 22.7. The maximum absolute atomic E-state index is 12.8. The van der Waals surface area contributed by atoms with Crippen LogP contribution in [-0.4, -0.2) is 21.0 Å². The van der Waals surface area contributed by atoms with Crippen LogP contribution in [0.15, 0.2) is 73.1 Å². The van der Waals surface area contributed by atoms with Gasteiger partial charge in [0.1, 0.15) is 11.4 Å². The van der Waals surface area contributed by atoms with Gasteiger partial charge in [0.15, 0.2) is 0 Å². The van der Waals surface area contributed by atoms with E-state index in [-0.39, 0.29) is 18.2 Å². The summed E-state index contributed by atoms with van der Waals surface area (Å²) in [5.74, 6) is -0.259. The van der Waals surface area contributed by atoms with E-state index in [9.17, 15) is 9.90 Å². The summed E-state index contributed by atoms with van der Waals surface area (Å²) in [5.41, 5.74) is 1.46. The van der Waals surface area contributed by atoms with E-state index in [0.29, 0.717) is 11.4 Å². The van der Waals surface area contributed by atoms with Crippen molar-refractivity contribution in [2.24, 2.45) is 0 Å². The number of benzene rings is 1. The molecule has 0 spiro atoms. The number of amides is 1. The molecule has 2 heterocycles. The Morgan fingerprint density at radius 1 is 0.913 bits per heavy atom. The van der Waals surface area contributed by atoms with Crippen LogP contribution in [0.25, 0.3) is 0 Å². The molecule has 0 aliphatic rings. The highest BCUT2D eigenvalue weighted by Gasteiger charge is 2.21. The van der Waals surface area contributed by atoms with E-state index < -0.39 is 0 Å². The SMILES string of the molecule is O=C(c1ccccn1)N(Cc1ccccn1)c1ccccc1O. The lowest BCUT2D eigenvalue weighted by Crippen LogP contribution is -2.31. The van der Waals surface area contributed by atoms with Crippen LogP contribution in [0.3, 0.4) is 0 Å². The number of pyridine rings is 2. The summed E-state index contributed by atoms with van der Waals surface area (Å²) in [7, 11) is 0. The summed E-state index contributed by atoms with van der Waals surface area (Å²) >= 11 is 0. The van der Waals surface area contributed by atoms with Crippen molar-refractivity contribution < 1.29 is 9.90 Å². The largest absolute Gasteiger partial charge is 0.506 e. The molecule has 3 rings (SSSR count). The first-order valence-corrected chi connectivity index (χ1v) is 7.16. The van der Waals surface area contributed by atoms with Crippen LogP contribution in [-0.2, 0) is 6.54 Å². The lowest BCUT2D eigenvalue weighted by molar-refractivity contribution is 0.0979. The van der Waals surface area contributed by atoms with Crippen LogP contribution in [0.1, 0.15) is 16.2 Å². The number of aromatic nitrogens is 2. The molecule has 5 heteroatoms. The standard InChI is InChI=1S/C18H15N3O2/c22-17-10-2-1-9-16(17)21(13-14-7-3-5-11-19-14)18(23)15-8-4-6-12-20-15/h1-12,22H,13H2. The molecule has 0 radical (unpaired) electrons. The maximum atomic E-state index is 12.8. The van der Waals surface area contributed by atoms with Crippen LogP contribution in [0.4, 0.5) is 5.69 Å². The van der Waals surface area contributed by atoms with Gasteiger partial charge in [-0.3, -0.25) is 19.7 Å². The molecule has 5 nitrogen and oxygen atoms in total. The van der Waals surface area contributed by atoms with Crippen LogP contribution >= 0.6 is 0 Å². The van der Waals surface area contributed by atoms with Gasteiger partial charge in [-0.1, -0.05) is 24.3 Å². The molecule has 1 amide bonds. The Morgan fingerprint density at radius 2 is 1.61 bits per heavy atom. The zero-order valence-corrected chi connectivity index (χ0v) is 12.3. The summed E-state index contributed by atoms with van der Waals surface area (Å²) < 4.78 is 0. The fraction of sp³-hybridized carbons (Fsp3) is 0.0556. The average Bonchev–Trinajstić information content (AvgIpc) is 2.61. The number of carbonyl (C=O) groups is 1. The zero-order chi connectivity index (χ0) is 16.1. The Kier molecular flexibility index (Phi) is 4.29. The van der Waals surface area contributed by atoms with Gasteiger partial charge in [-0.05, 0) is 36.4 Å². The van der Waals surface area contributed by atoms with E-state index in [1.807, 2.05) is 18.2 Å². The summed E-state index contributed by atoms with van der Waals surface area (Å²) in [5, 5.41) is 10.1. The van der Waals surface area contributed by atoms with Crippen LogP contribution in [0.5, 0.6) is 5.75 Å². The number of phenolic OH excluding ortho intramolecular Hbond substituents is 1. The molecule has 1 aromatic carbocycles. The Bertz CT molecular complexity index is 792. The minimum Gasteiger partial charge on any atom is -0.506 e. The molecule has 0 saturated carbocycles. The quantitative estimate of drug-likeness (QED) is 0.804. The van der Waals surface area contributed by atoms with E-state index in [2.05, 4.69) is 9.97 Å². The molecule has 0 bridgehead atoms. The van der Waals surface area contributed by atoms with Crippen LogP contribution in [0.2, 0.25) is 0 Å². The molecular weight excluding hydrogens is 290 g/mol. The number of hydrogen-bond donors (Lipinski definition) is 1. The third-order valence-corrected chi connectivity index (χ3v) is 3.35. The number of anilines is 1. The summed E-state index contributed by atoms with van der Waals surface area (Å²) in [6, 6.07) is 17.4. The first-order valence-electron chi connectivity index (χ1n) is 7.16. The molecule has 114 valence electrons. The molecule has 2 aromatic heterocycles. The normalized spacial score (nSPS) is 10.3. The molecule has 1 N–H and O–H groups in total. The number of carbonyl (C=O) groups excluding carboxylic acids is 1. The van der Waals surface area contributed by atoms with Crippen LogP contribution in [0, 0.1) is 0 Å². The predicted molar refractivity (Wildman–Crippen MR) is 87.1 cm³/mol. The molecule has 0 unspecified atom stereocenters. The molecule has 0 aliphatic carbocycles. The van der Waals surface area contributed by atoms with Gasteiger partial charge < -0.3 is 5.11 Å². The van der Waals surface area contributed by atoms with E-state index in [1.165, 1.54) is 4.90 Å². The smallest absolute Gasteiger partial charge is 0.277 e. The Labute approximate surface area is 133 Å². The van der Waals surface area contributed by atoms with Crippen molar-refractivity contribution >= 4 is 11.6 Å². The van der Waals surface area contributed by atoms with E-state index >= 15 is 0 Å². The molecule has 23 heavy (non-hydrogen) atoms. The highest BCUT2D eigenvalue weighted by molar-refractivity contribution is 6.05. The minimum atomic E-state index is -0.294. The number of nitrogens with zero attached hydrogens (tertiary/aromatic N) is 3. The van der Waals surface area contributed by atoms with Crippen molar-refractivity contribution in [3.8, 4) is 5.75 Å². The Balaban J connectivity index is 2.00. The van der Waals surface area contributed by atoms with Crippen molar-refractivity contribution in [3.05, 3.63) is 84.4 Å². The number of rotatable bonds is 4. The van der Waals surface area contributed by atoms with Gasteiger partial charge in [0, 0.05) is 12.4 Å².